The Labute approximate surface area is 188 Å². The number of rotatable bonds is 8. The summed E-state index contributed by atoms with van der Waals surface area (Å²) in [5, 5.41) is 8.93. The summed E-state index contributed by atoms with van der Waals surface area (Å²) in [7, 11) is 3.44. The van der Waals surface area contributed by atoms with Crippen molar-refractivity contribution in [2.24, 2.45) is 4.99 Å². The molecule has 0 amide bonds. The second kappa shape index (κ2) is 12.2. The second-order valence-electron chi connectivity index (χ2n) is 6.25. The van der Waals surface area contributed by atoms with E-state index in [-0.39, 0.29) is 24.0 Å². The minimum Gasteiger partial charge on any atom is -0.493 e. The number of hydrogen-bond acceptors (Lipinski definition) is 4. The molecule has 0 aliphatic rings. The van der Waals surface area contributed by atoms with Crippen molar-refractivity contribution < 1.29 is 9.47 Å². The van der Waals surface area contributed by atoms with Gasteiger partial charge >= 0.3 is 0 Å². The molecule has 0 fully saturated rings. The fraction of sp³-hybridized carbons (Fsp3) is 0.273. The van der Waals surface area contributed by atoms with Crippen molar-refractivity contribution in [1.82, 2.24) is 10.3 Å². The molecular formula is C22H27IN4O2. The van der Waals surface area contributed by atoms with E-state index in [1.54, 1.807) is 14.2 Å². The lowest BCUT2D eigenvalue weighted by molar-refractivity contribution is 0.172. The summed E-state index contributed by atoms with van der Waals surface area (Å²) >= 11 is 0. The molecule has 0 aliphatic carbocycles. The summed E-state index contributed by atoms with van der Waals surface area (Å²) in [5.74, 6) is 1.48. The zero-order valence-corrected chi connectivity index (χ0v) is 19.1. The van der Waals surface area contributed by atoms with Gasteiger partial charge in [-0.3, -0.25) is 9.98 Å². The highest BCUT2D eigenvalue weighted by molar-refractivity contribution is 14.0. The van der Waals surface area contributed by atoms with Gasteiger partial charge in [0.15, 0.2) is 5.96 Å². The number of ether oxygens (including phenoxy) is 2. The van der Waals surface area contributed by atoms with Crippen LogP contribution in [0.3, 0.4) is 0 Å². The van der Waals surface area contributed by atoms with E-state index in [1.807, 2.05) is 48.7 Å². The number of fused-ring (bicyclic) bond motifs is 1. The van der Waals surface area contributed by atoms with Crippen LogP contribution in [0.1, 0.15) is 12.1 Å². The van der Waals surface area contributed by atoms with Gasteiger partial charge in [0.2, 0.25) is 0 Å². The highest BCUT2D eigenvalue weighted by Crippen LogP contribution is 2.18. The van der Waals surface area contributed by atoms with Crippen LogP contribution in [-0.4, -0.2) is 38.3 Å². The van der Waals surface area contributed by atoms with E-state index in [9.17, 15) is 0 Å². The number of hydrogen-bond donors (Lipinski definition) is 2. The summed E-state index contributed by atoms with van der Waals surface area (Å²) in [4.78, 5) is 8.81. The fourth-order valence-electron chi connectivity index (χ4n) is 2.86. The number of halogens is 1. The van der Waals surface area contributed by atoms with Crippen molar-refractivity contribution in [3.8, 4) is 5.75 Å². The maximum atomic E-state index is 5.75. The van der Waals surface area contributed by atoms with Gasteiger partial charge in [0.05, 0.1) is 18.8 Å². The lowest BCUT2D eigenvalue weighted by atomic mass is 10.1. The summed E-state index contributed by atoms with van der Waals surface area (Å²) in [6.07, 6.45) is 2.69. The zero-order valence-electron chi connectivity index (χ0n) is 16.7. The Bertz CT molecular complexity index is 928. The average molecular weight is 506 g/mol. The lowest BCUT2D eigenvalue weighted by Gasteiger charge is -2.14. The number of nitrogens with one attached hydrogen (secondary N) is 2. The van der Waals surface area contributed by atoms with Crippen LogP contribution in [-0.2, 0) is 11.3 Å². The van der Waals surface area contributed by atoms with Crippen molar-refractivity contribution in [2.75, 3.05) is 32.7 Å². The topological polar surface area (TPSA) is 67.8 Å². The number of benzene rings is 2. The summed E-state index contributed by atoms with van der Waals surface area (Å²) in [6.45, 7) is 1.89. The van der Waals surface area contributed by atoms with Crippen molar-refractivity contribution in [1.29, 1.82) is 0 Å². The van der Waals surface area contributed by atoms with E-state index in [0.29, 0.717) is 25.7 Å². The minimum atomic E-state index is 0. The van der Waals surface area contributed by atoms with Crippen LogP contribution < -0.4 is 15.4 Å². The molecule has 0 saturated heterocycles. The molecule has 0 saturated carbocycles. The van der Waals surface area contributed by atoms with Gasteiger partial charge < -0.3 is 20.1 Å². The SMILES string of the molecule is CN=C(NCc1nccc2ccccc12)Nc1cccc(OCCCOC)c1.I. The number of aromatic nitrogens is 1. The van der Waals surface area contributed by atoms with E-state index in [4.69, 9.17) is 9.47 Å². The first-order chi connectivity index (χ1) is 13.8. The number of nitrogens with zero attached hydrogens (tertiary/aromatic N) is 2. The molecule has 6 nitrogen and oxygen atoms in total. The van der Waals surface area contributed by atoms with Crippen LogP contribution in [0.15, 0.2) is 65.8 Å². The van der Waals surface area contributed by atoms with Crippen LogP contribution in [0.5, 0.6) is 5.75 Å². The number of aliphatic imine (C=N–C) groups is 1. The highest BCUT2D eigenvalue weighted by atomic mass is 127. The normalized spacial score (nSPS) is 11.0. The molecular weight excluding hydrogens is 479 g/mol. The molecule has 0 spiro atoms. The first kappa shape index (κ1) is 22.9. The molecule has 2 aromatic carbocycles. The number of pyridine rings is 1. The van der Waals surface area contributed by atoms with Crippen LogP contribution >= 0.6 is 24.0 Å². The Hall–Kier alpha value is -2.39. The standard InChI is InChI=1S/C22H26N4O2.HI/c1-23-22(25-16-21-20-10-4-3-7-17(20)11-12-24-21)26-18-8-5-9-19(15-18)28-14-6-13-27-2;/h3-5,7-12,15H,6,13-14,16H2,1-2H3,(H2,23,25,26);1H. The Balaban J connectivity index is 0.00000300. The largest absolute Gasteiger partial charge is 0.493 e. The molecule has 154 valence electrons. The zero-order chi connectivity index (χ0) is 19.6. The molecule has 2 N–H and O–H groups in total. The predicted molar refractivity (Wildman–Crippen MR) is 129 cm³/mol. The molecule has 7 heteroatoms. The van der Waals surface area contributed by atoms with Crippen LogP contribution in [0.4, 0.5) is 5.69 Å². The van der Waals surface area contributed by atoms with Gasteiger partial charge in [0.25, 0.3) is 0 Å². The first-order valence-electron chi connectivity index (χ1n) is 9.32. The van der Waals surface area contributed by atoms with E-state index in [2.05, 4.69) is 32.7 Å². The molecule has 29 heavy (non-hydrogen) atoms. The molecule has 0 aliphatic heterocycles. The van der Waals surface area contributed by atoms with E-state index in [0.717, 1.165) is 28.9 Å². The maximum Gasteiger partial charge on any atom is 0.195 e. The Kier molecular flexibility index (Phi) is 9.66. The lowest BCUT2D eigenvalue weighted by Crippen LogP contribution is -2.30. The third kappa shape index (κ3) is 6.86. The molecule has 1 aromatic heterocycles. The molecule has 3 aromatic rings. The molecule has 0 atom stereocenters. The van der Waals surface area contributed by atoms with Crippen molar-refractivity contribution in [3.05, 3.63) is 66.5 Å². The van der Waals surface area contributed by atoms with E-state index >= 15 is 0 Å². The van der Waals surface area contributed by atoms with Gasteiger partial charge in [-0.2, -0.15) is 0 Å². The number of guanidine groups is 1. The molecule has 0 bridgehead atoms. The van der Waals surface area contributed by atoms with Gasteiger partial charge in [-0.1, -0.05) is 30.3 Å². The van der Waals surface area contributed by atoms with Gasteiger partial charge in [-0.05, 0) is 23.6 Å². The van der Waals surface area contributed by atoms with Gasteiger partial charge in [-0.25, -0.2) is 0 Å². The average Bonchev–Trinajstić information content (AvgIpc) is 2.74. The van der Waals surface area contributed by atoms with Gasteiger partial charge in [0, 0.05) is 50.5 Å². The van der Waals surface area contributed by atoms with E-state index in [1.165, 1.54) is 5.39 Å². The molecule has 3 rings (SSSR count). The Morgan fingerprint density at radius 3 is 2.76 bits per heavy atom. The third-order valence-electron chi connectivity index (χ3n) is 4.26. The van der Waals surface area contributed by atoms with Crippen LogP contribution in [0.25, 0.3) is 10.8 Å². The summed E-state index contributed by atoms with van der Waals surface area (Å²) < 4.78 is 10.8. The van der Waals surface area contributed by atoms with Crippen molar-refractivity contribution in [3.63, 3.8) is 0 Å². The third-order valence-corrected chi connectivity index (χ3v) is 4.26. The predicted octanol–water partition coefficient (Wildman–Crippen LogP) is 4.46. The monoisotopic (exact) mass is 506 g/mol. The Morgan fingerprint density at radius 2 is 1.93 bits per heavy atom. The van der Waals surface area contributed by atoms with Crippen LogP contribution in [0, 0.1) is 0 Å². The van der Waals surface area contributed by atoms with E-state index < -0.39 is 0 Å². The highest BCUT2D eigenvalue weighted by Gasteiger charge is 2.05. The molecule has 0 radical (unpaired) electrons. The smallest absolute Gasteiger partial charge is 0.195 e. The van der Waals surface area contributed by atoms with Crippen molar-refractivity contribution in [2.45, 2.75) is 13.0 Å². The second-order valence-corrected chi connectivity index (χ2v) is 6.25. The fourth-order valence-corrected chi connectivity index (χ4v) is 2.86. The van der Waals surface area contributed by atoms with Gasteiger partial charge in [0.1, 0.15) is 5.75 Å². The Morgan fingerprint density at radius 1 is 1.07 bits per heavy atom. The maximum absolute atomic E-state index is 5.75. The van der Waals surface area contributed by atoms with Crippen LogP contribution in [0.2, 0.25) is 0 Å². The number of anilines is 1. The minimum absolute atomic E-state index is 0. The first-order valence-corrected chi connectivity index (χ1v) is 9.32. The van der Waals surface area contributed by atoms with Gasteiger partial charge in [-0.15, -0.1) is 24.0 Å². The quantitative estimate of drug-likeness (QED) is 0.205. The van der Waals surface area contributed by atoms with Crippen molar-refractivity contribution >= 4 is 46.4 Å². The molecule has 1 heterocycles. The summed E-state index contributed by atoms with van der Waals surface area (Å²) in [6, 6.07) is 18.1. The molecule has 0 unspecified atom stereocenters. The summed E-state index contributed by atoms with van der Waals surface area (Å²) in [5.41, 5.74) is 1.89. The number of methoxy groups -OCH3 is 1.